The largest absolute Gasteiger partial charge is 0.491 e. The van der Waals surface area contributed by atoms with Crippen molar-refractivity contribution in [3.8, 4) is 28.3 Å². The molecule has 3 aromatic heterocycles. The summed E-state index contributed by atoms with van der Waals surface area (Å²) in [5.74, 6) is 2.45. The van der Waals surface area contributed by atoms with Gasteiger partial charge in [-0.2, -0.15) is 5.10 Å². The SMILES string of the molecule is CN[C@@H](C)C(=O)N[C@H](C(=O)N1CCC[C@H]1c1nc(-c2ccc(OCCOCCOCCOCCO[C@H]3CC[C@H](Nc4nccc(-c5cnn(Cc6ccccc6)c5N(C)C)n4)CC3)c3ccccc23)cs1)C1CCCCC1. The first-order valence-electron chi connectivity index (χ1n) is 27.8. The van der Waals surface area contributed by atoms with Crippen LogP contribution in [0.1, 0.15) is 94.2 Å². The number of thiazole rings is 1. The van der Waals surface area contributed by atoms with E-state index in [-0.39, 0.29) is 42.0 Å². The Morgan fingerprint density at radius 3 is 2.21 bits per heavy atom. The smallest absolute Gasteiger partial charge is 0.246 e. The molecule has 3 aromatic carbocycles. The van der Waals surface area contributed by atoms with Crippen LogP contribution in [0.25, 0.3) is 33.3 Å². The molecule has 412 valence electrons. The normalized spacial score (nSPS) is 18.8. The van der Waals surface area contributed by atoms with Crippen LogP contribution in [0, 0.1) is 5.92 Å². The van der Waals surface area contributed by atoms with Crippen LogP contribution in [-0.4, -0.2) is 146 Å². The van der Waals surface area contributed by atoms with Gasteiger partial charge >= 0.3 is 0 Å². The number of hydrogen-bond donors (Lipinski definition) is 3. The molecule has 2 saturated carbocycles. The van der Waals surface area contributed by atoms with Gasteiger partial charge in [0.2, 0.25) is 17.8 Å². The average molecular weight is 1070 g/mol. The number of carbonyl (C=O) groups is 2. The number of nitrogens with one attached hydrogen (secondary N) is 3. The zero-order valence-electron chi connectivity index (χ0n) is 45.4. The molecule has 0 unspecified atom stereocenters. The Bertz CT molecular complexity index is 2800. The molecular formula is C59H78N10O7S. The molecule has 3 aliphatic rings. The van der Waals surface area contributed by atoms with Crippen molar-refractivity contribution < 1.29 is 33.3 Å². The fraction of sp³-hybridized carbons (Fsp3) is 0.525. The molecule has 1 aliphatic heterocycles. The summed E-state index contributed by atoms with van der Waals surface area (Å²) in [7, 11) is 5.84. The predicted octanol–water partition coefficient (Wildman–Crippen LogP) is 8.94. The van der Waals surface area contributed by atoms with E-state index < -0.39 is 6.04 Å². The molecule has 3 fully saturated rings. The van der Waals surface area contributed by atoms with Gasteiger partial charge in [0.1, 0.15) is 29.2 Å². The third-order valence-corrected chi connectivity index (χ3v) is 16.1. The Morgan fingerprint density at radius 2 is 1.47 bits per heavy atom. The minimum Gasteiger partial charge on any atom is -0.491 e. The second kappa shape index (κ2) is 28.0. The first kappa shape index (κ1) is 55.7. The number of anilines is 2. The van der Waals surface area contributed by atoms with Crippen LogP contribution in [0.15, 0.2) is 90.6 Å². The van der Waals surface area contributed by atoms with E-state index >= 15 is 0 Å². The summed E-state index contributed by atoms with van der Waals surface area (Å²) in [6.07, 6.45) is 14.8. The lowest BCUT2D eigenvalue weighted by Gasteiger charge is -2.35. The molecule has 9 rings (SSSR count). The lowest BCUT2D eigenvalue weighted by molar-refractivity contribution is -0.139. The summed E-state index contributed by atoms with van der Waals surface area (Å²) in [6, 6.07) is 23.9. The first-order valence-corrected chi connectivity index (χ1v) is 28.7. The van der Waals surface area contributed by atoms with Crippen LogP contribution in [0.5, 0.6) is 5.75 Å². The van der Waals surface area contributed by atoms with Crippen molar-refractivity contribution in [3.05, 3.63) is 101 Å². The van der Waals surface area contributed by atoms with Crippen LogP contribution < -0.4 is 25.6 Å². The fourth-order valence-electron chi connectivity index (χ4n) is 11.0. The quantitative estimate of drug-likeness (QED) is 0.0416. The number of rotatable bonds is 27. The van der Waals surface area contributed by atoms with Crippen molar-refractivity contribution in [1.29, 1.82) is 0 Å². The Hall–Kier alpha value is -6.02. The second-order valence-corrected chi connectivity index (χ2v) is 21.6. The van der Waals surface area contributed by atoms with Gasteiger partial charge in [-0.25, -0.2) is 19.6 Å². The lowest BCUT2D eigenvalue weighted by atomic mass is 9.83. The van der Waals surface area contributed by atoms with Gasteiger partial charge in [-0.15, -0.1) is 11.3 Å². The highest BCUT2D eigenvalue weighted by atomic mass is 32.1. The summed E-state index contributed by atoms with van der Waals surface area (Å²) in [5.41, 5.74) is 4.90. The van der Waals surface area contributed by atoms with Crippen LogP contribution in [0.2, 0.25) is 0 Å². The first-order chi connectivity index (χ1) is 37.7. The molecule has 1 saturated heterocycles. The van der Waals surface area contributed by atoms with E-state index in [0.717, 1.165) is 114 Å². The number of amides is 2. The molecule has 77 heavy (non-hydrogen) atoms. The van der Waals surface area contributed by atoms with E-state index in [1.165, 1.54) is 12.0 Å². The highest BCUT2D eigenvalue weighted by Crippen LogP contribution is 2.40. The zero-order valence-corrected chi connectivity index (χ0v) is 46.2. The van der Waals surface area contributed by atoms with Crippen LogP contribution in [-0.2, 0) is 35.1 Å². The van der Waals surface area contributed by atoms with Crippen molar-refractivity contribution in [1.82, 2.24) is 40.3 Å². The molecule has 0 spiro atoms. The number of nitrogens with zero attached hydrogens (tertiary/aromatic N) is 7. The Labute approximate surface area is 457 Å². The molecule has 3 N–H and O–H groups in total. The standard InChI is InChI=1S/C59H78N10O7S/c1-41(60-2)55(70)66-54(43-16-9-6-10-17-43)58(71)68-29-13-20-52(68)56-64-51(40-77-56)47-25-26-53(48-19-12-11-18-46(47)48)76-37-35-74-33-31-72-30-32-73-34-36-75-45-23-21-44(22-24-45)63-59-61-28-27-50(65-59)49-38-62-69(57(49)67(3)4)39-42-14-7-5-8-15-42/h5,7-8,11-12,14-15,18-19,25-28,38,40-41,43-45,52,54,60H,6,9-10,13,16-17,20-24,29-37,39H2,1-4H3,(H,66,70)(H,61,63,65)/t41-,44-,45-,52-,54-/m0/s1. The maximum Gasteiger partial charge on any atom is 0.246 e. The molecule has 17 nitrogen and oxygen atoms in total. The summed E-state index contributed by atoms with van der Waals surface area (Å²) >= 11 is 1.60. The molecule has 2 aliphatic carbocycles. The van der Waals surface area contributed by atoms with E-state index in [4.69, 9.17) is 38.8 Å². The Morgan fingerprint density at radius 1 is 0.753 bits per heavy atom. The third kappa shape index (κ3) is 14.8. The molecule has 4 heterocycles. The molecule has 18 heteroatoms. The minimum absolute atomic E-state index is 0.0217. The van der Waals surface area contributed by atoms with Crippen molar-refractivity contribution in [2.75, 3.05) is 90.8 Å². The van der Waals surface area contributed by atoms with Gasteiger partial charge in [0.05, 0.1) is 94.1 Å². The van der Waals surface area contributed by atoms with Gasteiger partial charge < -0.3 is 49.4 Å². The van der Waals surface area contributed by atoms with Gasteiger partial charge in [-0.3, -0.25) is 9.59 Å². The highest BCUT2D eigenvalue weighted by molar-refractivity contribution is 7.10. The number of benzene rings is 3. The number of ether oxygens (including phenoxy) is 5. The third-order valence-electron chi connectivity index (χ3n) is 15.2. The van der Waals surface area contributed by atoms with Crippen molar-refractivity contribution >= 4 is 45.7 Å². The maximum absolute atomic E-state index is 14.4. The number of likely N-dealkylation sites (N-methyl/N-ethyl adjacent to an activating group) is 1. The summed E-state index contributed by atoms with van der Waals surface area (Å²) in [6.45, 7) is 6.99. The number of carbonyl (C=O) groups excluding carboxylic acids is 2. The van der Waals surface area contributed by atoms with Crippen LogP contribution in [0.3, 0.4) is 0 Å². The molecule has 0 bridgehead atoms. The van der Waals surface area contributed by atoms with E-state index in [9.17, 15) is 9.59 Å². The molecular weight excluding hydrogens is 993 g/mol. The van der Waals surface area contributed by atoms with E-state index in [1.807, 2.05) is 85.5 Å². The second-order valence-electron chi connectivity index (χ2n) is 20.7. The summed E-state index contributed by atoms with van der Waals surface area (Å²) in [4.78, 5) is 46.1. The average Bonchev–Trinajstić information content (AvgIpc) is 4.27. The topological polar surface area (TPSA) is 179 Å². The minimum atomic E-state index is -0.523. The predicted molar refractivity (Wildman–Crippen MR) is 302 cm³/mol. The fourth-order valence-corrected chi connectivity index (χ4v) is 11.9. The maximum atomic E-state index is 14.4. The van der Waals surface area contributed by atoms with Gasteiger partial charge in [0.25, 0.3) is 0 Å². The van der Waals surface area contributed by atoms with Crippen molar-refractivity contribution in [2.24, 2.45) is 5.92 Å². The van der Waals surface area contributed by atoms with Gasteiger partial charge in [0, 0.05) is 49.2 Å². The van der Waals surface area contributed by atoms with E-state index in [0.29, 0.717) is 71.9 Å². The molecule has 0 radical (unpaired) electrons. The van der Waals surface area contributed by atoms with Crippen LogP contribution in [0.4, 0.5) is 11.8 Å². The number of aromatic nitrogens is 5. The van der Waals surface area contributed by atoms with Crippen molar-refractivity contribution in [2.45, 2.75) is 114 Å². The van der Waals surface area contributed by atoms with E-state index in [1.54, 1.807) is 18.4 Å². The van der Waals surface area contributed by atoms with Gasteiger partial charge in [-0.1, -0.05) is 73.9 Å². The number of likely N-dealkylation sites (tertiary alicyclic amines) is 1. The molecule has 2 amide bonds. The van der Waals surface area contributed by atoms with Crippen LogP contribution >= 0.6 is 11.3 Å². The van der Waals surface area contributed by atoms with Crippen molar-refractivity contribution in [3.63, 3.8) is 0 Å². The Kier molecular flexibility index (Phi) is 20.3. The monoisotopic (exact) mass is 1070 g/mol. The zero-order chi connectivity index (χ0) is 53.3. The van der Waals surface area contributed by atoms with Gasteiger partial charge in [0.15, 0.2) is 0 Å². The van der Waals surface area contributed by atoms with Gasteiger partial charge in [-0.05, 0) is 100 Å². The molecule has 3 atom stereocenters. The van der Waals surface area contributed by atoms with E-state index in [2.05, 4.69) is 61.5 Å². The lowest BCUT2D eigenvalue weighted by Crippen LogP contribution is -2.55. The number of hydrogen-bond acceptors (Lipinski definition) is 15. The summed E-state index contributed by atoms with van der Waals surface area (Å²) < 4.78 is 31.8. The molecule has 6 aromatic rings. The number of fused-ring (bicyclic) bond motifs is 1. The summed E-state index contributed by atoms with van der Waals surface area (Å²) in [5, 5.41) is 19.5. The highest BCUT2D eigenvalue weighted by Gasteiger charge is 2.40. The Balaban J connectivity index is 0.641.